The summed E-state index contributed by atoms with van der Waals surface area (Å²) < 4.78 is 34.6. The number of carbonyl (C=O) groups is 2. The predicted octanol–water partition coefficient (Wildman–Crippen LogP) is 3.92. The number of halogens is 2. The number of benzene rings is 2. The number of aromatic nitrogens is 1. The highest BCUT2D eigenvalue weighted by molar-refractivity contribution is 6.88. The third kappa shape index (κ3) is 7.08. The van der Waals surface area contributed by atoms with Gasteiger partial charge in [-0.15, -0.1) is 0 Å². The molecule has 0 bridgehead atoms. The van der Waals surface area contributed by atoms with E-state index in [1.807, 2.05) is 24.3 Å². The van der Waals surface area contributed by atoms with Crippen LogP contribution in [0.15, 0.2) is 63.9 Å². The Bertz CT molecular complexity index is 1230. The van der Waals surface area contributed by atoms with Gasteiger partial charge in [0.25, 0.3) is 17.9 Å². The number of carbonyl (C=O) groups excluding carboxylic acids is 2. The van der Waals surface area contributed by atoms with E-state index in [1.54, 1.807) is 24.3 Å². The molecule has 36 heavy (non-hydrogen) atoms. The monoisotopic (exact) mass is 516 g/mol. The number of Topliss-reactive ketones (excluding diaryl/α,β-unsaturated/α-hetero) is 1. The largest absolute Gasteiger partial charge is 0.373 e. The van der Waals surface area contributed by atoms with Crippen molar-refractivity contribution < 1.29 is 27.6 Å². The Hall–Kier alpha value is -3.37. The molecule has 0 aliphatic rings. The summed E-state index contributed by atoms with van der Waals surface area (Å²) in [7, 11) is -0.0249. The molecule has 0 saturated heterocycles. The van der Waals surface area contributed by atoms with Crippen LogP contribution in [0.25, 0.3) is 0 Å². The summed E-state index contributed by atoms with van der Waals surface area (Å²) in [6.07, 6.45) is -2.47. The minimum Gasteiger partial charge on any atom is -0.373 e. The number of aromatic amines is 1. The second-order valence-electron chi connectivity index (χ2n) is 9.63. The minimum absolute atomic E-state index is 0.00402. The number of ketones is 1. The molecule has 1 N–H and O–H groups in total. The van der Waals surface area contributed by atoms with Crippen LogP contribution >= 0.6 is 0 Å². The van der Waals surface area contributed by atoms with Crippen LogP contribution in [0.3, 0.4) is 0 Å². The molecule has 0 saturated carbocycles. The number of likely N-dealkylation sites (N-methyl/N-ethyl adjacent to an activating group) is 1. The van der Waals surface area contributed by atoms with Gasteiger partial charge in [-0.2, -0.15) is 5.16 Å². The van der Waals surface area contributed by atoms with Crippen LogP contribution in [-0.2, 0) is 22.6 Å². The first-order valence-corrected chi connectivity index (χ1v) is 15.0. The smallest absolute Gasteiger partial charge is 0.293 e. The zero-order chi connectivity index (χ0) is 26.5. The molecule has 192 valence electrons. The second-order valence-corrected chi connectivity index (χ2v) is 14.7. The third-order valence-electron chi connectivity index (χ3n) is 5.75. The highest BCUT2D eigenvalue weighted by atomic mass is 28.3. The maximum absolute atomic E-state index is 13.5. The SMILES string of the molecule is CN(C(=O)c1cc(=O)[nH]o1)C(C(=O)Cc1ccc([Si](C)(C)C)cc1)c1ccc(COCC(F)F)cc1. The van der Waals surface area contributed by atoms with E-state index in [4.69, 9.17) is 9.26 Å². The molecule has 7 nitrogen and oxygen atoms in total. The summed E-state index contributed by atoms with van der Waals surface area (Å²) in [4.78, 5) is 39.2. The number of nitrogens with one attached hydrogen (secondary N) is 1. The normalized spacial score (nSPS) is 12.5. The first kappa shape index (κ1) is 27.2. The Kier molecular flexibility index (Phi) is 8.75. The Morgan fingerprint density at radius 1 is 1.03 bits per heavy atom. The fourth-order valence-electron chi connectivity index (χ4n) is 3.79. The second kappa shape index (κ2) is 11.6. The standard InChI is InChI=1S/C26H30F2N2O5Si/c1-30(26(33)22-14-24(32)29-35-22)25(19-9-5-18(6-10-19)15-34-16-23(27)28)21(31)13-17-7-11-20(12-8-17)36(2,3)4/h5-12,14,23,25H,13,15-16H2,1-4H3,(H,29,32). The predicted molar refractivity (Wildman–Crippen MR) is 134 cm³/mol. The summed E-state index contributed by atoms with van der Waals surface area (Å²) >= 11 is 0. The van der Waals surface area contributed by atoms with E-state index in [1.165, 1.54) is 17.1 Å². The van der Waals surface area contributed by atoms with Gasteiger partial charge in [0.05, 0.1) is 20.7 Å². The van der Waals surface area contributed by atoms with Crippen molar-refractivity contribution in [2.75, 3.05) is 13.7 Å². The number of amides is 1. The fourth-order valence-corrected chi connectivity index (χ4v) is 4.95. The Labute approximate surface area is 209 Å². The van der Waals surface area contributed by atoms with Gasteiger partial charge in [-0.1, -0.05) is 73.4 Å². The summed E-state index contributed by atoms with van der Waals surface area (Å²) in [5.41, 5.74) is 1.44. The summed E-state index contributed by atoms with van der Waals surface area (Å²) in [5, 5.41) is 3.35. The minimum atomic E-state index is -2.56. The number of rotatable bonds is 11. The molecule has 3 rings (SSSR count). The topological polar surface area (TPSA) is 92.6 Å². The number of alkyl halides is 2. The number of hydrogen-bond donors (Lipinski definition) is 1. The van der Waals surface area contributed by atoms with Crippen molar-refractivity contribution in [1.29, 1.82) is 0 Å². The van der Waals surface area contributed by atoms with Gasteiger partial charge >= 0.3 is 0 Å². The van der Waals surface area contributed by atoms with E-state index in [2.05, 4.69) is 24.8 Å². The molecule has 3 aromatic rings. The van der Waals surface area contributed by atoms with Crippen LogP contribution in [0, 0.1) is 0 Å². The fraction of sp³-hybridized carbons (Fsp3) is 0.346. The summed E-state index contributed by atoms with van der Waals surface area (Å²) in [6.45, 7) is 6.05. The average molecular weight is 517 g/mol. The maximum atomic E-state index is 13.5. The highest BCUT2D eigenvalue weighted by Gasteiger charge is 2.31. The van der Waals surface area contributed by atoms with Gasteiger partial charge in [0, 0.05) is 13.5 Å². The zero-order valence-corrected chi connectivity index (χ0v) is 21.7. The molecule has 0 fully saturated rings. The Balaban J connectivity index is 1.86. The van der Waals surface area contributed by atoms with Crippen LogP contribution in [0.5, 0.6) is 0 Å². The quantitative estimate of drug-likeness (QED) is 0.390. The van der Waals surface area contributed by atoms with Gasteiger partial charge in [-0.25, -0.2) is 8.78 Å². The molecule has 0 spiro atoms. The lowest BCUT2D eigenvalue weighted by Gasteiger charge is -2.27. The van der Waals surface area contributed by atoms with Gasteiger partial charge < -0.3 is 14.2 Å². The van der Waals surface area contributed by atoms with Crippen molar-refractivity contribution in [2.45, 2.75) is 45.1 Å². The third-order valence-corrected chi connectivity index (χ3v) is 7.82. The van der Waals surface area contributed by atoms with Crippen molar-refractivity contribution in [3.05, 3.63) is 87.4 Å². The molecule has 10 heteroatoms. The van der Waals surface area contributed by atoms with Crippen LogP contribution < -0.4 is 10.7 Å². The van der Waals surface area contributed by atoms with Gasteiger partial charge in [0.15, 0.2) is 5.78 Å². The molecule has 1 amide bonds. The number of H-pyrrole nitrogens is 1. The molecule has 0 radical (unpaired) electrons. The van der Waals surface area contributed by atoms with Crippen LogP contribution in [0.4, 0.5) is 8.78 Å². The molecule has 0 aliphatic carbocycles. The van der Waals surface area contributed by atoms with Crippen molar-refractivity contribution in [1.82, 2.24) is 10.1 Å². The van der Waals surface area contributed by atoms with Crippen molar-refractivity contribution in [2.24, 2.45) is 0 Å². The van der Waals surface area contributed by atoms with Crippen LogP contribution in [0.2, 0.25) is 19.6 Å². The van der Waals surface area contributed by atoms with E-state index in [0.717, 1.165) is 11.6 Å². The molecule has 1 aromatic heterocycles. The average Bonchev–Trinajstić information content (AvgIpc) is 3.25. The molecule has 1 atom stereocenters. The molecular formula is C26H30F2N2O5Si. The summed E-state index contributed by atoms with van der Waals surface area (Å²) in [5.74, 6) is -1.08. The van der Waals surface area contributed by atoms with Crippen LogP contribution in [-0.4, -0.2) is 49.9 Å². The van der Waals surface area contributed by atoms with E-state index in [-0.39, 0.29) is 24.6 Å². The van der Waals surface area contributed by atoms with Gasteiger partial charge in [0.1, 0.15) is 12.6 Å². The Morgan fingerprint density at radius 3 is 2.17 bits per heavy atom. The van der Waals surface area contributed by atoms with Gasteiger partial charge in [-0.3, -0.25) is 14.4 Å². The summed E-state index contributed by atoms with van der Waals surface area (Å²) in [6, 6.07) is 14.7. The van der Waals surface area contributed by atoms with Gasteiger partial charge in [0.2, 0.25) is 5.76 Å². The highest BCUT2D eigenvalue weighted by Crippen LogP contribution is 2.25. The molecule has 2 aromatic carbocycles. The molecule has 1 unspecified atom stereocenters. The Morgan fingerprint density at radius 2 is 1.64 bits per heavy atom. The van der Waals surface area contributed by atoms with E-state index in [9.17, 15) is 23.2 Å². The van der Waals surface area contributed by atoms with Crippen molar-refractivity contribution in [3.63, 3.8) is 0 Å². The lowest BCUT2D eigenvalue weighted by molar-refractivity contribution is -0.122. The molecular weight excluding hydrogens is 486 g/mol. The molecule has 0 aliphatic heterocycles. The van der Waals surface area contributed by atoms with E-state index < -0.39 is 38.6 Å². The zero-order valence-electron chi connectivity index (χ0n) is 20.7. The van der Waals surface area contributed by atoms with Crippen LogP contribution in [0.1, 0.15) is 33.3 Å². The van der Waals surface area contributed by atoms with Crippen molar-refractivity contribution in [3.8, 4) is 0 Å². The van der Waals surface area contributed by atoms with Crippen molar-refractivity contribution >= 4 is 25.0 Å². The van der Waals surface area contributed by atoms with E-state index >= 15 is 0 Å². The maximum Gasteiger partial charge on any atom is 0.293 e. The first-order chi connectivity index (χ1) is 17.0. The number of ether oxygens (including phenoxy) is 1. The molecule has 1 heterocycles. The number of hydrogen-bond acceptors (Lipinski definition) is 5. The first-order valence-electron chi connectivity index (χ1n) is 11.5. The van der Waals surface area contributed by atoms with Gasteiger partial charge in [-0.05, 0) is 16.7 Å². The van der Waals surface area contributed by atoms with E-state index in [0.29, 0.717) is 11.1 Å². The lowest BCUT2D eigenvalue weighted by Crippen LogP contribution is -2.38. The lowest BCUT2D eigenvalue weighted by atomic mass is 9.95. The number of nitrogens with zero attached hydrogens (tertiary/aromatic N) is 1.